The molecule has 10 heteroatoms. The van der Waals surface area contributed by atoms with Crippen LogP contribution in [0.15, 0.2) is 23.4 Å². The summed E-state index contributed by atoms with van der Waals surface area (Å²) in [6, 6.07) is 4.90. The van der Waals surface area contributed by atoms with Crippen molar-refractivity contribution in [2.45, 2.75) is 30.6 Å². The van der Waals surface area contributed by atoms with Crippen molar-refractivity contribution < 1.29 is 9.53 Å². The summed E-state index contributed by atoms with van der Waals surface area (Å²) in [5.41, 5.74) is 0.519. The largest absolute Gasteiger partial charge is 0.376 e. The highest BCUT2D eigenvalue weighted by molar-refractivity contribution is 7.99. The van der Waals surface area contributed by atoms with Gasteiger partial charge in [-0.15, -0.1) is 5.10 Å². The number of tetrazole rings is 1. The van der Waals surface area contributed by atoms with Gasteiger partial charge in [-0.05, 0) is 41.5 Å². The number of rotatable bonds is 6. The zero-order chi connectivity index (χ0) is 16.9. The molecule has 2 heterocycles. The lowest BCUT2D eigenvalue weighted by molar-refractivity contribution is -0.113. The van der Waals surface area contributed by atoms with E-state index in [0.717, 1.165) is 19.4 Å². The molecule has 1 fully saturated rings. The third-order valence-electron chi connectivity index (χ3n) is 3.44. The molecule has 0 aliphatic carbocycles. The van der Waals surface area contributed by atoms with Gasteiger partial charge >= 0.3 is 0 Å². The van der Waals surface area contributed by atoms with E-state index in [4.69, 9.17) is 27.9 Å². The molecule has 0 saturated carbocycles. The molecule has 7 nitrogen and oxygen atoms in total. The van der Waals surface area contributed by atoms with E-state index in [2.05, 4.69) is 20.8 Å². The van der Waals surface area contributed by atoms with Gasteiger partial charge < -0.3 is 10.1 Å². The Morgan fingerprint density at radius 1 is 1.46 bits per heavy atom. The second kappa shape index (κ2) is 8.15. The van der Waals surface area contributed by atoms with Crippen molar-refractivity contribution in [1.82, 2.24) is 20.2 Å². The molecule has 1 unspecified atom stereocenters. The molecule has 0 bridgehead atoms. The third kappa shape index (κ3) is 4.60. The van der Waals surface area contributed by atoms with Crippen LogP contribution in [0.25, 0.3) is 0 Å². The van der Waals surface area contributed by atoms with Crippen LogP contribution in [0.5, 0.6) is 0 Å². The molecule has 1 aromatic heterocycles. The summed E-state index contributed by atoms with van der Waals surface area (Å²) in [5.74, 6) is -0.0268. The van der Waals surface area contributed by atoms with Gasteiger partial charge in [0.15, 0.2) is 0 Å². The topological polar surface area (TPSA) is 81.9 Å². The van der Waals surface area contributed by atoms with Gasteiger partial charge in [-0.2, -0.15) is 0 Å². The highest BCUT2D eigenvalue weighted by Gasteiger charge is 2.19. The van der Waals surface area contributed by atoms with Crippen molar-refractivity contribution in [3.05, 3.63) is 28.2 Å². The fraction of sp³-hybridized carbons (Fsp3) is 0.429. The summed E-state index contributed by atoms with van der Waals surface area (Å²) in [5, 5.41) is 15.8. The van der Waals surface area contributed by atoms with E-state index in [-0.39, 0.29) is 17.8 Å². The number of nitrogens with one attached hydrogen (secondary N) is 1. The Morgan fingerprint density at radius 2 is 2.33 bits per heavy atom. The minimum Gasteiger partial charge on any atom is -0.376 e. The molecule has 1 amide bonds. The zero-order valence-corrected chi connectivity index (χ0v) is 14.9. The number of hydrogen-bond donors (Lipinski definition) is 1. The summed E-state index contributed by atoms with van der Waals surface area (Å²) in [7, 11) is 0. The van der Waals surface area contributed by atoms with E-state index < -0.39 is 0 Å². The van der Waals surface area contributed by atoms with Crippen LogP contribution in [-0.2, 0) is 16.1 Å². The Labute approximate surface area is 153 Å². The number of carbonyl (C=O) groups excluding carboxylic acids is 1. The lowest BCUT2D eigenvalue weighted by Gasteiger charge is -2.10. The SMILES string of the molecule is O=C(CSc1nnnn1CC1CCCO1)Nc1ccc(Cl)cc1Cl. The first-order valence-corrected chi connectivity index (χ1v) is 9.11. The van der Waals surface area contributed by atoms with Gasteiger partial charge in [-0.25, -0.2) is 4.68 Å². The van der Waals surface area contributed by atoms with Crippen LogP contribution < -0.4 is 5.32 Å². The average molecular weight is 388 g/mol. The van der Waals surface area contributed by atoms with E-state index in [1.807, 2.05) is 0 Å². The van der Waals surface area contributed by atoms with Crippen molar-refractivity contribution in [3.8, 4) is 0 Å². The molecule has 1 aliphatic heterocycles. The van der Waals surface area contributed by atoms with Crippen molar-refractivity contribution >= 4 is 46.6 Å². The van der Waals surface area contributed by atoms with Crippen molar-refractivity contribution in [2.75, 3.05) is 17.7 Å². The summed E-state index contributed by atoms with van der Waals surface area (Å²) in [4.78, 5) is 12.1. The molecule has 3 rings (SSSR count). The normalized spacial score (nSPS) is 17.2. The highest BCUT2D eigenvalue weighted by atomic mass is 35.5. The number of ether oxygens (including phenoxy) is 1. The van der Waals surface area contributed by atoms with Gasteiger partial charge in [0.2, 0.25) is 11.1 Å². The van der Waals surface area contributed by atoms with Crippen LogP contribution >= 0.6 is 35.0 Å². The first kappa shape index (κ1) is 17.5. The quantitative estimate of drug-likeness (QED) is 0.767. The molecule has 24 heavy (non-hydrogen) atoms. The first-order valence-electron chi connectivity index (χ1n) is 7.37. The van der Waals surface area contributed by atoms with E-state index >= 15 is 0 Å². The Hall–Kier alpha value is -1.35. The smallest absolute Gasteiger partial charge is 0.234 e. The van der Waals surface area contributed by atoms with Crippen LogP contribution in [0, 0.1) is 0 Å². The van der Waals surface area contributed by atoms with E-state index in [0.29, 0.717) is 27.4 Å². The maximum atomic E-state index is 12.1. The van der Waals surface area contributed by atoms with Crippen LogP contribution in [0.2, 0.25) is 10.0 Å². The predicted octanol–water partition coefficient (Wildman–Crippen LogP) is 2.89. The molecule has 0 spiro atoms. The number of halogens is 2. The molecule has 0 radical (unpaired) electrons. The van der Waals surface area contributed by atoms with E-state index in [1.165, 1.54) is 11.8 Å². The zero-order valence-electron chi connectivity index (χ0n) is 12.6. The summed E-state index contributed by atoms with van der Waals surface area (Å²) >= 11 is 13.1. The van der Waals surface area contributed by atoms with Gasteiger partial charge in [-0.1, -0.05) is 35.0 Å². The predicted molar refractivity (Wildman–Crippen MR) is 92.6 cm³/mol. The maximum Gasteiger partial charge on any atom is 0.234 e. The Morgan fingerprint density at radius 3 is 3.08 bits per heavy atom. The highest BCUT2D eigenvalue weighted by Crippen LogP contribution is 2.26. The summed E-state index contributed by atoms with van der Waals surface area (Å²) in [6.07, 6.45) is 2.19. The maximum absolute atomic E-state index is 12.1. The third-order valence-corrected chi connectivity index (χ3v) is 4.94. The summed E-state index contributed by atoms with van der Waals surface area (Å²) in [6.45, 7) is 1.37. The minimum absolute atomic E-state index is 0.134. The van der Waals surface area contributed by atoms with Gasteiger partial charge in [0.1, 0.15) is 0 Å². The standard InChI is InChI=1S/C14H15Cl2N5O2S/c15-9-3-4-12(11(16)6-9)17-13(22)8-24-14-18-19-20-21(14)7-10-2-1-5-23-10/h3-4,6,10H,1-2,5,7-8H2,(H,17,22). The summed E-state index contributed by atoms with van der Waals surface area (Å²) < 4.78 is 7.25. The van der Waals surface area contributed by atoms with Gasteiger partial charge in [0, 0.05) is 11.6 Å². The first-order chi connectivity index (χ1) is 11.6. The van der Waals surface area contributed by atoms with Gasteiger partial charge in [0.05, 0.1) is 29.1 Å². The molecule has 1 N–H and O–H groups in total. The van der Waals surface area contributed by atoms with Gasteiger partial charge in [-0.3, -0.25) is 4.79 Å². The van der Waals surface area contributed by atoms with Crippen LogP contribution in [-0.4, -0.2) is 44.6 Å². The second-order valence-corrected chi connectivity index (χ2v) is 7.03. The molecule has 1 saturated heterocycles. The average Bonchev–Trinajstić information content (AvgIpc) is 3.20. The number of benzene rings is 1. The van der Waals surface area contributed by atoms with E-state index in [1.54, 1.807) is 22.9 Å². The second-order valence-electron chi connectivity index (χ2n) is 5.24. The molecule has 1 aromatic carbocycles. The number of anilines is 1. The van der Waals surface area contributed by atoms with Crippen molar-refractivity contribution in [2.24, 2.45) is 0 Å². The lowest BCUT2D eigenvalue weighted by atomic mass is 10.2. The molecule has 2 aromatic rings. The fourth-order valence-electron chi connectivity index (χ4n) is 2.30. The number of amides is 1. The molecule has 1 atom stereocenters. The Kier molecular flexibility index (Phi) is 5.94. The number of carbonyl (C=O) groups is 1. The van der Waals surface area contributed by atoms with Crippen LogP contribution in [0.3, 0.4) is 0 Å². The molecule has 128 valence electrons. The fourth-order valence-corrected chi connectivity index (χ4v) is 3.45. The lowest BCUT2D eigenvalue weighted by Crippen LogP contribution is -2.18. The number of thioether (sulfide) groups is 1. The molecular weight excluding hydrogens is 373 g/mol. The number of hydrogen-bond acceptors (Lipinski definition) is 6. The van der Waals surface area contributed by atoms with Crippen LogP contribution in [0.1, 0.15) is 12.8 Å². The Bertz CT molecular complexity index is 721. The Balaban J connectivity index is 1.53. The number of nitrogens with zero attached hydrogens (tertiary/aromatic N) is 4. The monoisotopic (exact) mass is 387 g/mol. The molecule has 1 aliphatic rings. The number of aromatic nitrogens is 4. The van der Waals surface area contributed by atoms with Crippen molar-refractivity contribution in [3.63, 3.8) is 0 Å². The molecular formula is C14H15Cl2N5O2S. The van der Waals surface area contributed by atoms with Gasteiger partial charge in [0.25, 0.3) is 0 Å². The van der Waals surface area contributed by atoms with Crippen molar-refractivity contribution in [1.29, 1.82) is 0 Å². The minimum atomic E-state index is -0.198. The van der Waals surface area contributed by atoms with Crippen LogP contribution in [0.4, 0.5) is 5.69 Å². The van der Waals surface area contributed by atoms with E-state index in [9.17, 15) is 4.79 Å².